The van der Waals surface area contributed by atoms with Crippen LogP contribution in [-0.4, -0.2) is 0 Å². The van der Waals surface area contributed by atoms with Crippen molar-refractivity contribution in [3.63, 3.8) is 0 Å². The molecule has 19 heavy (non-hydrogen) atoms. The summed E-state index contributed by atoms with van der Waals surface area (Å²) in [7, 11) is 0. The Kier molecular flexibility index (Phi) is 4.52. The Hall–Kier alpha value is -2.34. The number of rotatable bonds is 1. The zero-order chi connectivity index (χ0) is 13.5. The second kappa shape index (κ2) is 6.55. The average Bonchev–Trinajstić information content (AvgIpc) is 2.49. The van der Waals surface area contributed by atoms with Crippen molar-refractivity contribution in [3.05, 3.63) is 90.5 Å². The molecule has 0 aromatic heterocycles. The Morgan fingerprint density at radius 2 is 1.37 bits per heavy atom. The predicted molar refractivity (Wildman–Crippen MR) is 85.2 cm³/mol. The SMILES string of the molecule is C=Cc1ccccc1.Cc1cccc2ccccc12. The summed E-state index contributed by atoms with van der Waals surface area (Å²) in [4.78, 5) is 0. The van der Waals surface area contributed by atoms with Crippen molar-refractivity contribution in [2.45, 2.75) is 6.92 Å². The molecule has 0 radical (unpaired) electrons. The van der Waals surface area contributed by atoms with Gasteiger partial charge in [0.25, 0.3) is 0 Å². The van der Waals surface area contributed by atoms with E-state index in [4.69, 9.17) is 0 Å². The van der Waals surface area contributed by atoms with E-state index >= 15 is 0 Å². The highest BCUT2D eigenvalue weighted by Gasteiger charge is 1.92. The fourth-order valence-electron chi connectivity index (χ4n) is 1.98. The minimum Gasteiger partial charge on any atom is -0.0985 e. The molecule has 3 aromatic carbocycles. The Bertz CT molecular complexity index is 646. The summed E-state index contributed by atoms with van der Waals surface area (Å²) >= 11 is 0. The van der Waals surface area contributed by atoms with E-state index in [1.807, 2.05) is 36.4 Å². The molecule has 94 valence electrons. The van der Waals surface area contributed by atoms with E-state index in [2.05, 4.69) is 56.0 Å². The molecule has 0 aliphatic carbocycles. The van der Waals surface area contributed by atoms with Gasteiger partial charge in [0.05, 0.1) is 0 Å². The summed E-state index contributed by atoms with van der Waals surface area (Å²) in [6.45, 7) is 5.77. The summed E-state index contributed by atoms with van der Waals surface area (Å²) < 4.78 is 0. The maximum atomic E-state index is 3.63. The molecule has 0 heterocycles. The van der Waals surface area contributed by atoms with Crippen LogP contribution in [0.3, 0.4) is 0 Å². The molecule has 3 aromatic rings. The van der Waals surface area contributed by atoms with E-state index in [1.54, 1.807) is 0 Å². The lowest BCUT2D eigenvalue weighted by Crippen LogP contribution is -1.75. The molecule has 0 saturated heterocycles. The van der Waals surface area contributed by atoms with Crippen LogP contribution in [0.25, 0.3) is 16.8 Å². The van der Waals surface area contributed by atoms with Gasteiger partial charge >= 0.3 is 0 Å². The van der Waals surface area contributed by atoms with E-state index in [0.29, 0.717) is 0 Å². The van der Waals surface area contributed by atoms with Crippen LogP contribution in [0.2, 0.25) is 0 Å². The highest BCUT2D eigenvalue weighted by Crippen LogP contribution is 2.16. The molecule has 3 rings (SSSR count). The molecule has 0 amide bonds. The standard InChI is InChI=1S/C11H10.C8H8/c1-9-5-4-7-10-6-2-3-8-11(9)10;1-2-8-6-4-3-5-7-8/h2-8H,1H3;2-7H,1H2. The predicted octanol–water partition coefficient (Wildman–Crippen LogP) is 5.48. The highest BCUT2D eigenvalue weighted by atomic mass is 14.0. The van der Waals surface area contributed by atoms with Gasteiger partial charge in [-0.25, -0.2) is 0 Å². The molecule has 0 bridgehead atoms. The van der Waals surface area contributed by atoms with Gasteiger partial charge in [0.2, 0.25) is 0 Å². The first-order valence-electron chi connectivity index (χ1n) is 6.43. The summed E-state index contributed by atoms with van der Waals surface area (Å²) in [6, 6.07) is 24.9. The van der Waals surface area contributed by atoms with Gasteiger partial charge in [0, 0.05) is 0 Å². The number of hydrogen-bond acceptors (Lipinski definition) is 0. The van der Waals surface area contributed by atoms with Crippen LogP contribution in [-0.2, 0) is 0 Å². The molecule has 0 aliphatic heterocycles. The first-order chi connectivity index (χ1) is 9.31. The summed E-state index contributed by atoms with van der Waals surface area (Å²) in [5.74, 6) is 0. The maximum Gasteiger partial charge on any atom is -0.0155 e. The molecule has 0 N–H and O–H groups in total. The van der Waals surface area contributed by atoms with Crippen molar-refractivity contribution in [3.8, 4) is 0 Å². The maximum absolute atomic E-state index is 3.63. The highest BCUT2D eigenvalue weighted by molar-refractivity contribution is 5.85. The van der Waals surface area contributed by atoms with Gasteiger partial charge in [-0.05, 0) is 28.8 Å². The van der Waals surface area contributed by atoms with Crippen molar-refractivity contribution in [1.29, 1.82) is 0 Å². The Morgan fingerprint density at radius 1 is 0.737 bits per heavy atom. The summed E-state index contributed by atoms with van der Waals surface area (Å²) in [5.41, 5.74) is 2.52. The molecular weight excluding hydrogens is 228 g/mol. The molecule has 0 nitrogen and oxygen atoms in total. The van der Waals surface area contributed by atoms with Crippen molar-refractivity contribution < 1.29 is 0 Å². The zero-order valence-electron chi connectivity index (χ0n) is 11.2. The van der Waals surface area contributed by atoms with Crippen molar-refractivity contribution >= 4 is 16.8 Å². The topological polar surface area (TPSA) is 0 Å². The van der Waals surface area contributed by atoms with Gasteiger partial charge in [-0.15, -0.1) is 0 Å². The normalized spacial score (nSPS) is 9.53. The number of benzene rings is 3. The molecule has 0 aliphatic rings. The van der Waals surface area contributed by atoms with E-state index in [1.165, 1.54) is 21.9 Å². The van der Waals surface area contributed by atoms with Gasteiger partial charge in [-0.1, -0.05) is 85.5 Å². The van der Waals surface area contributed by atoms with Crippen LogP contribution in [0.5, 0.6) is 0 Å². The molecule has 0 atom stereocenters. The average molecular weight is 246 g/mol. The third kappa shape index (κ3) is 3.56. The van der Waals surface area contributed by atoms with E-state index in [0.717, 1.165) is 0 Å². The largest absolute Gasteiger partial charge is 0.0985 e. The number of aryl methyl sites for hydroxylation is 1. The van der Waals surface area contributed by atoms with Gasteiger partial charge in [-0.3, -0.25) is 0 Å². The fraction of sp³-hybridized carbons (Fsp3) is 0.0526. The van der Waals surface area contributed by atoms with Crippen LogP contribution >= 0.6 is 0 Å². The third-order valence-corrected chi connectivity index (χ3v) is 3.04. The Morgan fingerprint density at radius 3 is 2.00 bits per heavy atom. The van der Waals surface area contributed by atoms with E-state index in [9.17, 15) is 0 Å². The molecule has 0 unspecified atom stereocenters. The quantitative estimate of drug-likeness (QED) is 0.533. The molecule has 0 fully saturated rings. The monoisotopic (exact) mass is 246 g/mol. The van der Waals surface area contributed by atoms with Crippen molar-refractivity contribution in [1.82, 2.24) is 0 Å². The van der Waals surface area contributed by atoms with Crippen LogP contribution in [0.4, 0.5) is 0 Å². The van der Waals surface area contributed by atoms with Crippen LogP contribution in [0, 0.1) is 6.92 Å². The number of fused-ring (bicyclic) bond motifs is 1. The molecule has 0 spiro atoms. The summed E-state index contributed by atoms with van der Waals surface area (Å²) in [5, 5.41) is 2.68. The minimum atomic E-state index is 1.17. The Balaban J connectivity index is 0.000000148. The van der Waals surface area contributed by atoms with E-state index < -0.39 is 0 Å². The first-order valence-corrected chi connectivity index (χ1v) is 6.43. The molecular formula is C19H18. The zero-order valence-corrected chi connectivity index (χ0v) is 11.2. The second-order valence-electron chi connectivity index (χ2n) is 4.41. The van der Waals surface area contributed by atoms with E-state index in [-0.39, 0.29) is 0 Å². The van der Waals surface area contributed by atoms with Crippen molar-refractivity contribution in [2.75, 3.05) is 0 Å². The smallest absolute Gasteiger partial charge is 0.0155 e. The molecule has 0 saturated carbocycles. The van der Waals surface area contributed by atoms with Gasteiger partial charge in [-0.2, -0.15) is 0 Å². The number of hydrogen-bond donors (Lipinski definition) is 0. The van der Waals surface area contributed by atoms with Gasteiger partial charge in [0.15, 0.2) is 0 Å². The first kappa shape index (κ1) is 13.1. The van der Waals surface area contributed by atoms with Crippen LogP contribution < -0.4 is 0 Å². The minimum absolute atomic E-state index is 1.17. The third-order valence-electron chi connectivity index (χ3n) is 3.04. The lowest BCUT2D eigenvalue weighted by Gasteiger charge is -1.98. The summed E-state index contributed by atoms with van der Waals surface area (Å²) in [6.07, 6.45) is 1.83. The lowest BCUT2D eigenvalue weighted by molar-refractivity contribution is 1.53. The van der Waals surface area contributed by atoms with Crippen LogP contribution in [0.15, 0.2) is 79.4 Å². The van der Waals surface area contributed by atoms with Crippen LogP contribution in [0.1, 0.15) is 11.1 Å². The fourth-order valence-corrected chi connectivity index (χ4v) is 1.98. The van der Waals surface area contributed by atoms with Gasteiger partial charge in [0.1, 0.15) is 0 Å². The Labute approximate surface area is 115 Å². The van der Waals surface area contributed by atoms with Crippen molar-refractivity contribution in [2.24, 2.45) is 0 Å². The molecule has 0 heteroatoms. The van der Waals surface area contributed by atoms with Gasteiger partial charge < -0.3 is 0 Å². The second-order valence-corrected chi connectivity index (χ2v) is 4.41. The lowest BCUT2D eigenvalue weighted by atomic mass is 10.1.